The number of carbonyl (C=O) groups is 2. The fraction of sp³-hybridized carbons (Fsp3) is 0.524. The van der Waals surface area contributed by atoms with Crippen LogP contribution in [0.2, 0.25) is 0 Å². The number of methoxy groups -OCH3 is 1. The second kappa shape index (κ2) is 8.72. The van der Waals surface area contributed by atoms with Crippen molar-refractivity contribution in [2.24, 2.45) is 4.99 Å². The first-order chi connectivity index (χ1) is 14.9. The minimum atomic E-state index is -0.613. The number of benzene rings is 1. The number of amides is 3. The molecule has 0 aromatic heterocycles. The van der Waals surface area contributed by atoms with Gasteiger partial charge in [0.1, 0.15) is 18.9 Å². The van der Waals surface area contributed by atoms with Crippen LogP contribution >= 0.6 is 0 Å². The van der Waals surface area contributed by atoms with Crippen LogP contribution in [0.15, 0.2) is 29.3 Å². The number of halogens is 1. The molecule has 0 bridgehead atoms. The van der Waals surface area contributed by atoms with Gasteiger partial charge in [-0.1, -0.05) is 12.1 Å². The first-order valence-electron chi connectivity index (χ1n) is 10.4. The molecule has 0 spiro atoms. The van der Waals surface area contributed by atoms with Crippen molar-refractivity contribution in [2.45, 2.75) is 6.04 Å². The predicted octanol–water partition coefficient (Wildman–Crippen LogP) is 0.310. The summed E-state index contributed by atoms with van der Waals surface area (Å²) in [5, 5.41) is 0. The van der Waals surface area contributed by atoms with Gasteiger partial charge in [0.05, 0.1) is 12.3 Å². The van der Waals surface area contributed by atoms with E-state index in [9.17, 15) is 14.0 Å². The molecule has 4 rings (SSSR count). The van der Waals surface area contributed by atoms with Crippen molar-refractivity contribution < 1.29 is 23.3 Å². The fourth-order valence-electron chi connectivity index (χ4n) is 4.28. The number of piperazine rings is 1. The number of urea groups is 1. The zero-order valence-corrected chi connectivity index (χ0v) is 18.1. The smallest absolute Gasteiger partial charge is 0.333 e. The second-order valence-electron chi connectivity index (χ2n) is 7.93. The van der Waals surface area contributed by atoms with Gasteiger partial charge < -0.3 is 9.64 Å². The highest BCUT2D eigenvalue weighted by molar-refractivity contribution is 6.23. The molecule has 3 heterocycles. The molecule has 166 valence electrons. The summed E-state index contributed by atoms with van der Waals surface area (Å²) >= 11 is 0. The molecule has 0 N–H and O–H groups in total. The third-order valence-electron chi connectivity index (χ3n) is 6.08. The lowest BCUT2D eigenvalue weighted by atomic mass is 10.1. The standard InChI is InChI=1S/C21H28FN6O3/c1-24-19-18(20(29)25(2)21(24)30)28(12-13-31-3)17(23-19)14-26-8-10-27(11-9-26)16-7-5-4-6-15(16)22/h4-7,18H,8-14H2,1-3H3/q+1. The molecular weight excluding hydrogens is 403 g/mol. The van der Waals surface area contributed by atoms with Gasteiger partial charge >= 0.3 is 11.9 Å². The number of aliphatic imine (C=N–C) groups is 1. The topological polar surface area (TPSA) is 71.7 Å². The minimum absolute atomic E-state index is 0.210. The van der Waals surface area contributed by atoms with E-state index in [1.54, 1.807) is 26.3 Å². The molecule has 10 heteroatoms. The normalized spacial score (nSPS) is 22.4. The Morgan fingerprint density at radius 1 is 1.13 bits per heavy atom. The van der Waals surface area contributed by atoms with Crippen molar-refractivity contribution in [1.29, 1.82) is 0 Å². The molecule has 3 aliphatic rings. The largest absolute Gasteiger partial charge is 0.381 e. The van der Waals surface area contributed by atoms with Crippen LogP contribution in [0.1, 0.15) is 0 Å². The van der Waals surface area contributed by atoms with E-state index >= 15 is 0 Å². The average molecular weight is 431 g/mol. The zero-order valence-electron chi connectivity index (χ0n) is 18.1. The molecule has 1 atom stereocenters. The lowest BCUT2D eigenvalue weighted by molar-refractivity contribution is -0.538. The number of ether oxygens (including phenoxy) is 1. The van der Waals surface area contributed by atoms with Gasteiger partial charge in [0.15, 0.2) is 0 Å². The summed E-state index contributed by atoms with van der Waals surface area (Å²) in [7, 11) is 4.75. The molecule has 2 saturated heterocycles. The summed E-state index contributed by atoms with van der Waals surface area (Å²) in [5.74, 6) is 0.721. The number of imide groups is 1. The Balaban J connectivity index is 1.51. The monoisotopic (exact) mass is 431 g/mol. The third kappa shape index (κ3) is 3.92. The van der Waals surface area contributed by atoms with Gasteiger partial charge in [0.2, 0.25) is 0 Å². The lowest BCUT2D eigenvalue weighted by Crippen LogP contribution is -2.61. The molecule has 0 aliphatic carbocycles. The average Bonchev–Trinajstić information content (AvgIpc) is 3.14. The van der Waals surface area contributed by atoms with Crippen molar-refractivity contribution >= 4 is 29.3 Å². The van der Waals surface area contributed by atoms with E-state index in [-0.39, 0.29) is 17.8 Å². The molecule has 3 aliphatic heterocycles. The zero-order chi connectivity index (χ0) is 22.1. The number of hydrogen-bond acceptors (Lipinski definition) is 6. The summed E-state index contributed by atoms with van der Waals surface area (Å²) in [6.07, 6.45) is 0. The van der Waals surface area contributed by atoms with Gasteiger partial charge in [-0.15, -0.1) is 0 Å². The van der Waals surface area contributed by atoms with Gasteiger partial charge in [0.25, 0.3) is 17.8 Å². The third-order valence-corrected chi connectivity index (χ3v) is 6.08. The number of carbonyl (C=O) groups excluding carboxylic acids is 2. The summed E-state index contributed by atoms with van der Waals surface area (Å²) in [6, 6.07) is 5.82. The summed E-state index contributed by atoms with van der Waals surface area (Å²) in [4.78, 5) is 36.8. The van der Waals surface area contributed by atoms with Crippen LogP contribution < -0.4 is 4.90 Å². The van der Waals surface area contributed by atoms with E-state index in [1.807, 2.05) is 15.5 Å². The van der Waals surface area contributed by atoms with Gasteiger partial charge in [-0.25, -0.2) is 13.8 Å². The molecule has 9 nitrogen and oxygen atoms in total. The van der Waals surface area contributed by atoms with Crippen LogP contribution in [0.5, 0.6) is 0 Å². The van der Waals surface area contributed by atoms with Crippen molar-refractivity contribution in [2.75, 3.05) is 72.0 Å². The number of para-hydroxylation sites is 1. The number of nitrogens with zero attached hydrogens (tertiary/aromatic N) is 6. The van der Waals surface area contributed by atoms with Crippen molar-refractivity contribution in [1.82, 2.24) is 14.7 Å². The molecular formula is C21H28FN6O3+. The van der Waals surface area contributed by atoms with E-state index in [2.05, 4.69) is 4.90 Å². The van der Waals surface area contributed by atoms with Crippen molar-refractivity contribution in [3.8, 4) is 0 Å². The van der Waals surface area contributed by atoms with Gasteiger partial charge in [-0.3, -0.25) is 19.5 Å². The summed E-state index contributed by atoms with van der Waals surface area (Å²) in [5.41, 5.74) is 0.623. The first kappa shape index (κ1) is 21.4. The highest BCUT2D eigenvalue weighted by Gasteiger charge is 2.53. The van der Waals surface area contributed by atoms with Crippen molar-refractivity contribution in [3.63, 3.8) is 0 Å². The van der Waals surface area contributed by atoms with Gasteiger partial charge in [-0.05, 0) is 17.1 Å². The summed E-state index contributed by atoms with van der Waals surface area (Å²) in [6.45, 7) is 4.38. The Bertz CT molecular complexity index is 941. The number of fused-ring (bicyclic) bond motifs is 1. The fourth-order valence-corrected chi connectivity index (χ4v) is 4.28. The van der Waals surface area contributed by atoms with E-state index in [4.69, 9.17) is 9.73 Å². The molecule has 0 radical (unpaired) electrons. The van der Waals surface area contributed by atoms with Gasteiger partial charge in [-0.2, -0.15) is 0 Å². The molecule has 1 unspecified atom stereocenters. The summed E-state index contributed by atoms with van der Waals surface area (Å²) < 4.78 is 21.3. The molecule has 0 saturated carbocycles. The molecule has 1 aromatic rings. The van der Waals surface area contributed by atoms with Gasteiger partial charge in [0, 0.05) is 47.4 Å². The second-order valence-corrected chi connectivity index (χ2v) is 7.93. The Hall–Kier alpha value is -2.85. The number of hydrogen-bond donors (Lipinski definition) is 0. The molecule has 3 amide bonds. The van der Waals surface area contributed by atoms with E-state index in [0.29, 0.717) is 44.3 Å². The van der Waals surface area contributed by atoms with Crippen LogP contribution in [0.4, 0.5) is 14.9 Å². The predicted molar refractivity (Wildman–Crippen MR) is 114 cm³/mol. The number of likely N-dealkylation sites (N-methyl/N-ethyl adjacent to an activating group) is 2. The highest BCUT2D eigenvalue weighted by Crippen LogP contribution is 2.22. The Labute approximate surface area is 181 Å². The molecule has 31 heavy (non-hydrogen) atoms. The molecule has 1 aromatic carbocycles. The highest BCUT2D eigenvalue weighted by atomic mass is 19.1. The first-order valence-corrected chi connectivity index (χ1v) is 10.4. The lowest BCUT2D eigenvalue weighted by Gasteiger charge is -2.35. The van der Waals surface area contributed by atoms with E-state index in [1.165, 1.54) is 18.0 Å². The maximum atomic E-state index is 14.1. The Kier molecular flexibility index (Phi) is 6.01. The number of amidine groups is 2. The number of rotatable bonds is 6. The van der Waals surface area contributed by atoms with Crippen LogP contribution in [-0.4, -0.2) is 116 Å². The Morgan fingerprint density at radius 3 is 2.52 bits per heavy atom. The quantitative estimate of drug-likeness (QED) is 0.607. The van der Waals surface area contributed by atoms with Crippen LogP contribution in [0, 0.1) is 5.82 Å². The number of anilines is 1. The van der Waals surface area contributed by atoms with E-state index < -0.39 is 6.04 Å². The van der Waals surface area contributed by atoms with Crippen molar-refractivity contribution in [3.05, 3.63) is 30.1 Å². The van der Waals surface area contributed by atoms with Crippen LogP contribution in [0.3, 0.4) is 0 Å². The SMILES string of the molecule is COCC[N+]1=C(CN2CCN(c3ccccc3F)CC2)N=C2C1C(=O)N(C)C(=O)N2C. The molecule has 2 fully saturated rings. The van der Waals surface area contributed by atoms with Crippen LogP contribution in [-0.2, 0) is 9.53 Å². The maximum Gasteiger partial charge on any atom is 0.333 e. The Morgan fingerprint density at radius 2 is 1.84 bits per heavy atom. The minimum Gasteiger partial charge on any atom is -0.381 e. The maximum absolute atomic E-state index is 14.1. The van der Waals surface area contributed by atoms with E-state index in [0.717, 1.165) is 23.8 Å². The van der Waals surface area contributed by atoms with Crippen LogP contribution in [0.25, 0.3) is 0 Å².